The lowest BCUT2D eigenvalue weighted by Gasteiger charge is -2.37. The highest BCUT2D eigenvalue weighted by Crippen LogP contribution is 2.30. The molecule has 4 rings (SSSR count). The van der Waals surface area contributed by atoms with Gasteiger partial charge in [0.25, 0.3) is 0 Å². The first-order chi connectivity index (χ1) is 15.8. The van der Waals surface area contributed by atoms with Crippen molar-refractivity contribution in [2.75, 3.05) is 19.7 Å². The predicted octanol–water partition coefficient (Wildman–Crippen LogP) is 4.03. The first kappa shape index (κ1) is 22.7. The van der Waals surface area contributed by atoms with Gasteiger partial charge < -0.3 is 15.4 Å². The van der Waals surface area contributed by atoms with Gasteiger partial charge in [0.15, 0.2) is 0 Å². The van der Waals surface area contributed by atoms with E-state index in [1.165, 1.54) is 5.56 Å². The van der Waals surface area contributed by atoms with Crippen molar-refractivity contribution in [3.8, 4) is 11.3 Å². The number of hydrogen-bond acceptors (Lipinski definition) is 4. The summed E-state index contributed by atoms with van der Waals surface area (Å²) in [5, 5.41) is 0. The monoisotopic (exact) mass is 443 g/mol. The number of nitrogens with two attached hydrogens (primary N) is 1. The molecule has 1 aliphatic heterocycles. The van der Waals surface area contributed by atoms with Gasteiger partial charge in [-0.2, -0.15) is 0 Å². The van der Waals surface area contributed by atoms with Gasteiger partial charge in [-0.25, -0.2) is 4.98 Å². The van der Waals surface area contributed by atoms with Crippen LogP contribution in [0.2, 0.25) is 0 Å². The Morgan fingerprint density at radius 1 is 1.06 bits per heavy atom. The number of primary amides is 1. The van der Waals surface area contributed by atoms with Crippen LogP contribution in [0.25, 0.3) is 11.3 Å². The van der Waals surface area contributed by atoms with Gasteiger partial charge in [0.2, 0.25) is 11.8 Å². The summed E-state index contributed by atoms with van der Waals surface area (Å²) in [4.78, 5) is 31.7. The van der Waals surface area contributed by atoms with Crippen LogP contribution < -0.4 is 5.73 Å². The quantitative estimate of drug-likeness (QED) is 0.645. The molecule has 0 saturated carbocycles. The van der Waals surface area contributed by atoms with Crippen LogP contribution in [0.15, 0.2) is 66.7 Å². The number of benzene rings is 2. The fraction of sp³-hybridized carbons (Fsp3) is 0.296. The molecule has 1 saturated heterocycles. The average Bonchev–Trinajstić information content (AvgIpc) is 2.84. The number of aryl methyl sites for hydroxylation is 1. The van der Waals surface area contributed by atoms with Crippen LogP contribution in [0, 0.1) is 6.92 Å². The van der Waals surface area contributed by atoms with Gasteiger partial charge in [-0.3, -0.25) is 9.59 Å². The summed E-state index contributed by atoms with van der Waals surface area (Å²) in [5.41, 5.74) is 9.66. The van der Waals surface area contributed by atoms with Crippen LogP contribution in [0.1, 0.15) is 47.1 Å². The Labute approximate surface area is 194 Å². The number of carbonyl (C=O) groups excluding carboxylic acids is 2. The number of pyridine rings is 1. The molecule has 1 aliphatic rings. The van der Waals surface area contributed by atoms with E-state index in [2.05, 4.69) is 0 Å². The molecule has 2 heterocycles. The summed E-state index contributed by atoms with van der Waals surface area (Å²) in [7, 11) is 0. The molecule has 0 aliphatic carbocycles. The molecule has 1 atom stereocenters. The number of amides is 2. The van der Waals surface area contributed by atoms with Crippen LogP contribution in [0.3, 0.4) is 0 Å². The first-order valence-corrected chi connectivity index (χ1v) is 11.1. The van der Waals surface area contributed by atoms with E-state index < -0.39 is 11.3 Å². The fourth-order valence-electron chi connectivity index (χ4n) is 4.13. The van der Waals surface area contributed by atoms with Crippen LogP contribution >= 0.6 is 0 Å². The van der Waals surface area contributed by atoms with Crippen LogP contribution in [0.5, 0.6) is 0 Å². The molecule has 33 heavy (non-hydrogen) atoms. The standard InChI is InChI=1S/C27H29N3O3/c1-18-10-12-21(13-11-18)27(2,3)26(32)30-14-15-33-24(17-30)23-9-5-8-22(29-23)19-6-4-7-20(16-19)25(28)31/h4-13,16,24H,14-15,17H2,1-3H3,(H2,28,31)/t24-/m1/s1. The molecule has 6 nitrogen and oxygen atoms in total. The summed E-state index contributed by atoms with van der Waals surface area (Å²) in [6, 6.07) is 20.9. The molecule has 0 radical (unpaired) electrons. The highest BCUT2D eigenvalue weighted by atomic mass is 16.5. The molecule has 0 spiro atoms. The van der Waals surface area contributed by atoms with Crippen LogP contribution in [-0.4, -0.2) is 41.4 Å². The smallest absolute Gasteiger partial charge is 0.248 e. The second-order valence-electron chi connectivity index (χ2n) is 8.99. The molecule has 2 aromatic carbocycles. The summed E-state index contributed by atoms with van der Waals surface area (Å²) in [5.74, 6) is -0.404. The third-order valence-electron chi connectivity index (χ3n) is 6.20. The third-order valence-corrected chi connectivity index (χ3v) is 6.20. The van der Waals surface area contributed by atoms with Gasteiger partial charge >= 0.3 is 0 Å². The zero-order chi connectivity index (χ0) is 23.6. The van der Waals surface area contributed by atoms with E-state index in [-0.39, 0.29) is 12.0 Å². The summed E-state index contributed by atoms with van der Waals surface area (Å²) in [6.45, 7) is 7.40. The fourth-order valence-corrected chi connectivity index (χ4v) is 4.13. The van der Waals surface area contributed by atoms with Crippen molar-refractivity contribution < 1.29 is 14.3 Å². The Kier molecular flexibility index (Phi) is 6.29. The van der Waals surface area contributed by atoms with Crippen molar-refractivity contribution in [1.82, 2.24) is 9.88 Å². The van der Waals surface area contributed by atoms with Gasteiger partial charge in [0.1, 0.15) is 6.10 Å². The largest absolute Gasteiger partial charge is 0.368 e. The van der Waals surface area contributed by atoms with Crippen LogP contribution in [-0.2, 0) is 14.9 Å². The maximum atomic E-state index is 13.5. The van der Waals surface area contributed by atoms with Crippen molar-refractivity contribution in [3.63, 3.8) is 0 Å². The zero-order valence-electron chi connectivity index (χ0n) is 19.2. The van der Waals surface area contributed by atoms with Gasteiger partial charge in [0.05, 0.1) is 30.0 Å². The maximum Gasteiger partial charge on any atom is 0.248 e. The highest BCUT2D eigenvalue weighted by molar-refractivity contribution is 5.94. The maximum absolute atomic E-state index is 13.5. The zero-order valence-corrected chi connectivity index (χ0v) is 19.2. The normalized spacial score (nSPS) is 16.5. The van der Waals surface area contributed by atoms with Crippen molar-refractivity contribution in [2.24, 2.45) is 5.73 Å². The average molecular weight is 444 g/mol. The summed E-state index contributed by atoms with van der Waals surface area (Å²) >= 11 is 0. The van der Waals surface area contributed by atoms with E-state index in [9.17, 15) is 9.59 Å². The lowest BCUT2D eigenvalue weighted by molar-refractivity contribution is -0.144. The van der Waals surface area contributed by atoms with Crippen molar-refractivity contribution in [3.05, 3.63) is 89.1 Å². The Morgan fingerprint density at radius 2 is 1.79 bits per heavy atom. The Bertz CT molecular complexity index is 1170. The minimum absolute atomic E-state index is 0.0740. The number of ether oxygens (including phenoxy) is 1. The second kappa shape index (κ2) is 9.16. The Balaban J connectivity index is 1.55. The number of nitrogens with zero attached hydrogens (tertiary/aromatic N) is 2. The SMILES string of the molecule is Cc1ccc(C(C)(C)C(=O)N2CCO[C@@H](c3cccc(-c4cccc(C(N)=O)c4)n3)C2)cc1. The predicted molar refractivity (Wildman–Crippen MR) is 128 cm³/mol. The van der Waals surface area contributed by atoms with Gasteiger partial charge in [-0.05, 0) is 50.6 Å². The van der Waals surface area contributed by atoms with Gasteiger partial charge in [0, 0.05) is 17.7 Å². The van der Waals surface area contributed by atoms with E-state index in [1.807, 2.05) is 74.2 Å². The summed E-state index contributed by atoms with van der Waals surface area (Å²) < 4.78 is 6.00. The lowest BCUT2D eigenvalue weighted by atomic mass is 9.82. The molecule has 2 amide bonds. The molecule has 0 unspecified atom stereocenters. The van der Waals surface area contributed by atoms with Crippen molar-refractivity contribution in [1.29, 1.82) is 0 Å². The number of morpholine rings is 1. The molecule has 2 N–H and O–H groups in total. The molecule has 6 heteroatoms. The number of hydrogen-bond donors (Lipinski definition) is 1. The summed E-state index contributed by atoms with van der Waals surface area (Å²) in [6.07, 6.45) is -0.323. The molecule has 170 valence electrons. The molecule has 3 aromatic rings. The number of carbonyl (C=O) groups is 2. The Hall–Kier alpha value is -3.51. The second-order valence-corrected chi connectivity index (χ2v) is 8.99. The van der Waals surface area contributed by atoms with Crippen LogP contribution in [0.4, 0.5) is 0 Å². The molecular weight excluding hydrogens is 414 g/mol. The minimum atomic E-state index is -0.639. The Morgan fingerprint density at radius 3 is 2.52 bits per heavy atom. The van der Waals surface area contributed by atoms with Crippen molar-refractivity contribution >= 4 is 11.8 Å². The topological polar surface area (TPSA) is 85.5 Å². The van der Waals surface area contributed by atoms with E-state index in [0.717, 1.165) is 22.5 Å². The van der Waals surface area contributed by atoms with Gasteiger partial charge in [-0.1, -0.05) is 48.0 Å². The molecule has 0 bridgehead atoms. The molecule has 1 fully saturated rings. The first-order valence-electron chi connectivity index (χ1n) is 11.1. The molecule has 1 aromatic heterocycles. The minimum Gasteiger partial charge on any atom is -0.368 e. The van der Waals surface area contributed by atoms with E-state index in [0.29, 0.717) is 25.3 Å². The highest BCUT2D eigenvalue weighted by Gasteiger charge is 2.36. The third kappa shape index (κ3) is 4.81. The number of rotatable bonds is 5. The number of aromatic nitrogens is 1. The van der Waals surface area contributed by atoms with Crippen molar-refractivity contribution in [2.45, 2.75) is 32.3 Å². The van der Waals surface area contributed by atoms with E-state index in [4.69, 9.17) is 15.5 Å². The lowest BCUT2D eigenvalue weighted by Crippen LogP contribution is -2.49. The van der Waals surface area contributed by atoms with E-state index >= 15 is 0 Å². The van der Waals surface area contributed by atoms with Gasteiger partial charge in [-0.15, -0.1) is 0 Å². The van der Waals surface area contributed by atoms with E-state index in [1.54, 1.807) is 18.2 Å². The molecular formula is C27H29N3O3.